The molecule has 0 aliphatic carbocycles. The first-order valence-corrected chi connectivity index (χ1v) is 10.5. The van der Waals surface area contributed by atoms with Gasteiger partial charge >= 0.3 is 0 Å². The molecule has 1 fully saturated rings. The van der Waals surface area contributed by atoms with Gasteiger partial charge in [0.05, 0.1) is 6.20 Å². The third-order valence-corrected chi connectivity index (χ3v) is 5.99. The standard InChI is InChI=1S/C21H19FN6OS/c22-17-5-1-2-6-18(17)28-19(25-8-3-4-9-25)16(15-24-28)20(29)26-10-12-27(13-11-26)21-23-7-14-30-21/h1-9,14-15H,10-13H2. The van der Waals surface area contributed by atoms with Crippen LogP contribution in [0, 0.1) is 5.82 Å². The average Bonchev–Trinajstić information content (AvgIpc) is 3.55. The van der Waals surface area contributed by atoms with Crippen molar-refractivity contribution >= 4 is 22.4 Å². The third kappa shape index (κ3) is 3.26. The van der Waals surface area contributed by atoms with Crippen LogP contribution in [0.2, 0.25) is 0 Å². The highest BCUT2D eigenvalue weighted by atomic mass is 32.1. The van der Waals surface area contributed by atoms with Gasteiger partial charge in [0.25, 0.3) is 5.91 Å². The van der Waals surface area contributed by atoms with Gasteiger partial charge in [-0.2, -0.15) is 5.10 Å². The lowest BCUT2D eigenvalue weighted by molar-refractivity contribution is 0.0746. The summed E-state index contributed by atoms with van der Waals surface area (Å²) in [6.45, 7) is 2.63. The summed E-state index contributed by atoms with van der Waals surface area (Å²) in [6.07, 6.45) is 6.96. The molecule has 4 heterocycles. The number of halogens is 1. The van der Waals surface area contributed by atoms with Gasteiger partial charge in [0.15, 0.2) is 10.9 Å². The molecule has 1 aliphatic heterocycles. The molecule has 9 heteroatoms. The van der Waals surface area contributed by atoms with Gasteiger partial charge in [-0.3, -0.25) is 4.79 Å². The molecule has 0 atom stereocenters. The fraction of sp³-hybridized carbons (Fsp3) is 0.190. The van der Waals surface area contributed by atoms with E-state index in [1.54, 1.807) is 40.3 Å². The Labute approximate surface area is 176 Å². The van der Waals surface area contributed by atoms with E-state index in [1.165, 1.54) is 16.9 Å². The second kappa shape index (κ2) is 7.75. The minimum atomic E-state index is -0.398. The van der Waals surface area contributed by atoms with Gasteiger partial charge in [0.2, 0.25) is 0 Å². The van der Waals surface area contributed by atoms with Crippen molar-refractivity contribution in [1.82, 2.24) is 24.2 Å². The average molecular weight is 422 g/mol. The summed E-state index contributed by atoms with van der Waals surface area (Å²) >= 11 is 1.60. The molecule has 1 saturated heterocycles. The number of hydrogen-bond acceptors (Lipinski definition) is 5. The Morgan fingerprint density at radius 1 is 1.03 bits per heavy atom. The highest BCUT2D eigenvalue weighted by Crippen LogP contribution is 2.24. The van der Waals surface area contributed by atoms with Gasteiger partial charge in [-0.05, 0) is 24.3 Å². The number of piperazine rings is 1. The Balaban J connectivity index is 1.46. The molecule has 0 N–H and O–H groups in total. The van der Waals surface area contributed by atoms with Gasteiger partial charge in [-0.1, -0.05) is 12.1 Å². The van der Waals surface area contributed by atoms with Gasteiger partial charge < -0.3 is 14.4 Å². The van der Waals surface area contributed by atoms with Crippen molar-refractivity contribution in [1.29, 1.82) is 0 Å². The van der Waals surface area contributed by atoms with Crippen LogP contribution in [0.25, 0.3) is 11.5 Å². The zero-order chi connectivity index (χ0) is 20.5. The van der Waals surface area contributed by atoms with Crippen molar-refractivity contribution in [2.75, 3.05) is 31.1 Å². The Bertz CT molecular complexity index is 1150. The summed E-state index contributed by atoms with van der Waals surface area (Å²) in [5, 5.41) is 7.29. The van der Waals surface area contributed by atoms with E-state index in [9.17, 15) is 9.18 Å². The minimum absolute atomic E-state index is 0.111. The monoisotopic (exact) mass is 422 g/mol. The first-order valence-electron chi connectivity index (χ1n) is 9.62. The van der Waals surface area contributed by atoms with Crippen molar-refractivity contribution in [3.63, 3.8) is 0 Å². The van der Waals surface area contributed by atoms with Crippen LogP contribution in [0.15, 0.2) is 66.6 Å². The predicted octanol–water partition coefficient (Wildman–Crippen LogP) is 3.22. The Hall–Kier alpha value is -3.46. The number of para-hydroxylation sites is 1. The van der Waals surface area contributed by atoms with Crippen molar-refractivity contribution in [3.8, 4) is 11.5 Å². The van der Waals surface area contributed by atoms with Gasteiger partial charge in [-0.15, -0.1) is 11.3 Å². The molecule has 30 heavy (non-hydrogen) atoms. The zero-order valence-electron chi connectivity index (χ0n) is 16.1. The van der Waals surface area contributed by atoms with Crippen molar-refractivity contribution < 1.29 is 9.18 Å². The van der Waals surface area contributed by atoms with Crippen LogP contribution in [0.5, 0.6) is 0 Å². The zero-order valence-corrected chi connectivity index (χ0v) is 16.9. The molecule has 0 radical (unpaired) electrons. The molecule has 0 bridgehead atoms. The highest BCUT2D eigenvalue weighted by molar-refractivity contribution is 7.13. The van der Waals surface area contributed by atoms with Gasteiger partial charge in [0.1, 0.15) is 17.1 Å². The van der Waals surface area contributed by atoms with Crippen LogP contribution >= 0.6 is 11.3 Å². The maximum Gasteiger partial charge on any atom is 0.259 e. The summed E-state index contributed by atoms with van der Waals surface area (Å²) in [6, 6.07) is 10.1. The number of aromatic nitrogens is 4. The molecule has 0 saturated carbocycles. The summed E-state index contributed by atoms with van der Waals surface area (Å²) in [4.78, 5) is 21.7. The Kier molecular flexibility index (Phi) is 4.80. The topological polar surface area (TPSA) is 59.2 Å². The first-order chi connectivity index (χ1) is 14.7. The van der Waals surface area contributed by atoms with Crippen LogP contribution in [0.3, 0.4) is 0 Å². The fourth-order valence-corrected chi connectivity index (χ4v) is 4.36. The van der Waals surface area contributed by atoms with E-state index in [1.807, 2.05) is 34.8 Å². The highest BCUT2D eigenvalue weighted by Gasteiger charge is 2.28. The smallest absolute Gasteiger partial charge is 0.259 e. The van der Waals surface area contributed by atoms with Crippen LogP contribution in [-0.2, 0) is 0 Å². The Morgan fingerprint density at radius 3 is 2.50 bits per heavy atom. The summed E-state index contributed by atoms with van der Waals surface area (Å²) in [5.74, 6) is 0.0163. The molecular formula is C21H19FN6OS. The summed E-state index contributed by atoms with van der Waals surface area (Å²) < 4.78 is 17.7. The first kappa shape index (κ1) is 18.6. The van der Waals surface area contributed by atoms with Crippen molar-refractivity contribution in [2.24, 2.45) is 0 Å². The predicted molar refractivity (Wildman–Crippen MR) is 113 cm³/mol. The van der Waals surface area contributed by atoms with E-state index in [2.05, 4.69) is 15.0 Å². The number of anilines is 1. The molecular weight excluding hydrogens is 403 g/mol. The van der Waals surface area contributed by atoms with Crippen LogP contribution in [0.4, 0.5) is 9.52 Å². The lowest BCUT2D eigenvalue weighted by Gasteiger charge is -2.34. The second-order valence-corrected chi connectivity index (χ2v) is 7.80. The van der Waals surface area contributed by atoms with E-state index in [4.69, 9.17) is 0 Å². The number of nitrogens with zero attached hydrogens (tertiary/aromatic N) is 6. The lowest BCUT2D eigenvalue weighted by atomic mass is 10.2. The van der Waals surface area contributed by atoms with E-state index >= 15 is 0 Å². The normalized spacial score (nSPS) is 14.3. The quantitative estimate of drug-likeness (QED) is 0.507. The van der Waals surface area contributed by atoms with Crippen LogP contribution < -0.4 is 4.90 Å². The number of carbonyl (C=O) groups is 1. The summed E-state index contributed by atoms with van der Waals surface area (Å²) in [5.41, 5.74) is 0.742. The molecule has 0 spiro atoms. The molecule has 152 valence electrons. The van der Waals surface area contributed by atoms with Crippen LogP contribution in [0.1, 0.15) is 10.4 Å². The molecule has 4 aromatic rings. The molecule has 1 aromatic carbocycles. The number of rotatable bonds is 4. The molecule has 0 unspecified atom stereocenters. The fourth-order valence-electron chi connectivity index (χ4n) is 3.66. The molecule has 5 rings (SSSR count). The van der Waals surface area contributed by atoms with E-state index in [-0.39, 0.29) is 5.91 Å². The minimum Gasteiger partial charge on any atom is -0.345 e. The van der Waals surface area contributed by atoms with Crippen molar-refractivity contribution in [2.45, 2.75) is 0 Å². The largest absolute Gasteiger partial charge is 0.345 e. The number of amides is 1. The van der Waals surface area contributed by atoms with Crippen molar-refractivity contribution in [3.05, 3.63) is 77.9 Å². The van der Waals surface area contributed by atoms with E-state index in [0.29, 0.717) is 30.2 Å². The number of benzene rings is 1. The third-order valence-electron chi connectivity index (χ3n) is 5.16. The molecule has 1 aliphatic rings. The molecule has 1 amide bonds. The summed E-state index contributed by atoms with van der Waals surface area (Å²) in [7, 11) is 0. The molecule has 3 aromatic heterocycles. The SMILES string of the molecule is O=C(c1cnn(-c2ccccc2F)c1-n1cccc1)N1CCN(c2nccs2)CC1. The van der Waals surface area contributed by atoms with E-state index in [0.717, 1.165) is 18.2 Å². The number of thiazole rings is 1. The molecule has 7 nitrogen and oxygen atoms in total. The lowest BCUT2D eigenvalue weighted by Crippen LogP contribution is -2.48. The van der Waals surface area contributed by atoms with E-state index < -0.39 is 5.82 Å². The maximum atomic E-state index is 14.5. The Morgan fingerprint density at radius 2 is 1.80 bits per heavy atom. The maximum absolute atomic E-state index is 14.5. The second-order valence-electron chi connectivity index (χ2n) is 6.93. The van der Waals surface area contributed by atoms with Gasteiger partial charge in [-0.25, -0.2) is 14.1 Å². The number of hydrogen-bond donors (Lipinski definition) is 0. The van der Waals surface area contributed by atoms with Gasteiger partial charge in [0, 0.05) is 50.1 Å². The van der Waals surface area contributed by atoms with Crippen LogP contribution in [-0.4, -0.2) is 56.3 Å². The number of carbonyl (C=O) groups excluding carboxylic acids is 1.